The van der Waals surface area contributed by atoms with Crippen molar-refractivity contribution in [2.45, 2.75) is 0 Å². The highest BCUT2D eigenvalue weighted by atomic mass is 79.9. The Hall–Kier alpha value is -2.05. The molecule has 0 amide bonds. The van der Waals surface area contributed by atoms with Crippen LogP contribution in [-0.4, -0.2) is 10.7 Å². The lowest BCUT2D eigenvalue weighted by Gasteiger charge is -1.99. The Morgan fingerprint density at radius 3 is 2.64 bits per heavy atom. The minimum Gasteiger partial charge on any atom is -0.289 e. The molecule has 0 heterocycles. The molecule has 0 atom stereocenters. The third kappa shape index (κ3) is 3.78. The molecule has 0 saturated carbocycles. The van der Waals surface area contributed by atoms with Crippen LogP contribution in [-0.2, 0) is 0 Å². The monoisotopic (exact) mass is 383 g/mol. The zero-order chi connectivity index (χ0) is 16.3. The molecule has 0 unspecified atom stereocenters. The number of rotatable bonds is 4. The van der Waals surface area contributed by atoms with Gasteiger partial charge >= 0.3 is 0 Å². The van der Waals surface area contributed by atoms with Crippen LogP contribution >= 0.6 is 27.5 Å². The summed E-state index contributed by atoms with van der Waals surface area (Å²) in [6.45, 7) is 0. The molecule has 0 aliphatic carbocycles. The molecule has 2 aromatic rings. The van der Waals surface area contributed by atoms with Gasteiger partial charge in [0.15, 0.2) is 5.78 Å². The summed E-state index contributed by atoms with van der Waals surface area (Å²) in [7, 11) is 0. The van der Waals surface area contributed by atoms with E-state index in [1.54, 1.807) is 0 Å². The minimum atomic E-state index is -0.653. The summed E-state index contributed by atoms with van der Waals surface area (Å²) in [5.41, 5.74) is 0.434. The molecule has 7 heteroatoms. The predicted molar refractivity (Wildman–Crippen MR) is 85.6 cm³/mol. The predicted octanol–water partition coefficient (Wildman–Crippen LogP) is 5.05. The first-order chi connectivity index (χ1) is 10.4. The van der Waals surface area contributed by atoms with Crippen LogP contribution in [0.1, 0.15) is 15.9 Å². The molecule has 0 N–H and O–H groups in total. The molecule has 0 spiro atoms. The summed E-state index contributed by atoms with van der Waals surface area (Å²) in [5.74, 6) is -0.822. The standard InChI is InChI=1S/C15H8BrClFNO3/c16-11-7-9(1-5-13(11)18)2-6-15(20)10-3-4-12(17)14(8-10)19(21)22/h1-8H/b6-2+. The smallest absolute Gasteiger partial charge is 0.288 e. The quantitative estimate of drug-likeness (QED) is 0.321. The number of benzene rings is 2. The van der Waals surface area contributed by atoms with Crippen LogP contribution in [0.5, 0.6) is 0 Å². The molecule has 0 aromatic heterocycles. The third-order valence-corrected chi connectivity index (χ3v) is 3.73. The van der Waals surface area contributed by atoms with Crippen LogP contribution in [0.2, 0.25) is 5.02 Å². The van der Waals surface area contributed by atoms with E-state index in [0.29, 0.717) is 5.56 Å². The number of nitro groups is 1. The summed E-state index contributed by atoms with van der Waals surface area (Å²) < 4.78 is 13.4. The number of nitro benzene ring substituents is 1. The number of nitrogens with zero attached hydrogens (tertiary/aromatic N) is 1. The van der Waals surface area contributed by atoms with Crippen LogP contribution in [0.25, 0.3) is 6.08 Å². The second-order valence-electron chi connectivity index (χ2n) is 4.29. The van der Waals surface area contributed by atoms with Crippen LogP contribution in [0.15, 0.2) is 46.9 Å². The fraction of sp³-hybridized carbons (Fsp3) is 0. The number of halogens is 3. The van der Waals surface area contributed by atoms with Gasteiger partial charge in [-0.15, -0.1) is 0 Å². The average molecular weight is 385 g/mol. The average Bonchev–Trinajstić information content (AvgIpc) is 2.48. The lowest BCUT2D eigenvalue weighted by molar-refractivity contribution is -0.384. The van der Waals surface area contributed by atoms with E-state index in [1.807, 2.05) is 0 Å². The number of allylic oxidation sites excluding steroid dienone is 1. The molecule has 0 aliphatic heterocycles. The van der Waals surface area contributed by atoms with Crippen molar-refractivity contribution in [1.29, 1.82) is 0 Å². The van der Waals surface area contributed by atoms with Crippen molar-refractivity contribution in [3.05, 3.63) is 79.0 Å². The first kappa shape index (κ1) is 16.3. The summed E-state index contributed by atoms with van der Waals surface area (Å²) in [6.07, 6.45) is 2.75. The minimum absolute atomic E-state index is 0.0343. The van der Waals surface area contributed by atoms with E-state index in [-0.39, 0.29) is 20.7 Å². The maximum absolute atomic E-state index is 13.1. The zero-order valence-corrected chi connectivity index (χ0v) is 13.3. The molecule has 0 radical (unpaired) electrons. The molecule has 0 bridgehead atoms. The number of carbonyl (C=O) groups excluding carboxylic acids is 1. The summed E-state index contributed by atoms with van der Waals surface area (Å²) in [5, 5.41) is 10.8. The van der Waals surface area contributed by atoms with E-state index in [9.17, 15) is 19.3 Å². The molecule has 0 aliphatic rings. The van der Waals surface area contributed by atoms with Gasteiger partial charge in [-0.25, -0.2) is 4.39 Å². The van der Waals surface area contributed by atoms with E-state index < -0.39 is 16.5 Å². The summed E-state index contributed by atoms with van der Waals surface area (Å²) in [4.78, 5) is 22.2. The maximum atomic E-state index is 13.1. The molecule has 2 aromatic carbocycles. The highest BCUT2D eigenvalue weighted by Crippen LogP contribution is 2.25. The highest BCUT2D eigenvalue weighted by molar-refractivity contribution is 9.10. The van der Waals surface area contributed by atoms with Crippen LogP contribution < -0.4 is 0 Å². The Balaban J connectivity index is 2.25. The zero-order valence-electron chi connectivity index (χ0n) is 10.9. The molecular weight excluding hydrogens is 377 g/mol. The van der Waals surface area contributed by atoms with Crippen molar-refractivity contribution < 1.29 is 14.1 Å². The van der Waals surface area contributed by atoms with E-state index in [2.05, 4.69) is 15.9 Å². The van der Waals surface area contributed by atoms with Gasteiger partial charge in [-0.2, -0.15) is 0 Å². The van der Waals surface area contributed by atoms with Gasteiger partial charge in [0, 0.05) is 11.6 Å². The lowest BCUT2D eigenvalue weighted by Crippen LogP contribution is -1.97. The molecular formula is C15H8BrClFNO3. The Labute approximate surface area is 138 Å². The molecule has 0 fully saturated rings. The number of hydrogen-bond donors (Lipinski definition) is 0. The molecule has 0 saturated heterocycles. The van der Waals surface area contributed by atoms with E-state index in [1.165, 1.54) is 42.5 Å². The van der Waals surface area contributed by atoms with E-state index in [4.69, 9.17) is 11.6 Å². The van der Waals surface area contributed by atoms with Crippen molar-refractivity contribution >= 4 is 45.1 Å². The van der Waals surface area contributed by atoms with Crippen molar-refractivity contribution in [3.8, 4) is 0 Å². The maximum Gasteiger partial charge on any atom is 0.288 e. The fourth-order valence-electron chi connectivity index (χ4n) is 1.69. The van der Waals surface area contributed by atoms with Crippen molar-refractivity contribution in [1.82, 2.24) is 0 Å². The largest absolute Gasteiger partial charge is 0.289 e. The van der Waals surface area contributed by atoms with Crippen molar-refractivity contribution in [3.63, 3.8) is 0 Å². The topological polar surface area (TPSA) is 60.2 Å². The second-order valence-corrected chi connectivity index (χ2v) is 5.56. The number of hydrogen-bond acceptors (Lipinski definition) is 3. The lowest BCUT2D eigenvalue weighted by atomic mass is 10.1. The van der Waals surface area contributed by atoms with Gasteiger partial charge in [-0.1, -0.05) is 23.7 Å². The van der Waals surface area contributed by atoms with Gasteiger partial charge in [-0.3, -0.25) is 14.9 Å². The fourth-order valence-corrected chi connectivity index (χ4v) is 2.27. The summed E-state index contributed by atoms with van der Waals surface area (Å²) >= 11 is 8.74. The SMILES string of the molecule is O=C(/C=C/c1ccc(F)c(Br)c1)c1ccc(Cl)c([N+](=O)[O-])c1. The number of ketones is 1. The summed E-state index contributed by atoms with van der Waals surface area (Å²) in [6, 6.07) is 8.12. The Morgan fingerprint density at radius 2 is 2.00 bits per heavy atom. The second kappa shape index (κ2) is 6.81. The normalized spacial score (nSPS) is 10.9. The van der Waals surface area contributed by atoms with Gasteiger partial charge in [0.2, 0.25) is 0 Å². The highest BCUT2D eigenvalue weighted by Gasteiger charge is 2.15. The van der Waals surface area contributed by atoms with E-state index in [0.717, 1.165) is 6.07 Å². The van der Waals surface area contributed by atoms with Gasteiger partial charge in [-0.05, 0) is 51.8 Å². The van der Waals surface area contributed by atoms with Gasteiger partial charge in [0.05, 0.1) is 9.40 Å². The van der Waals surface area contributed by atoms with E-state index >= 15 is 0 Å². The Kier molecular flexibility index (Phi) is 5.05. The van der Waals surface area contributed by atoms with Crippen molar-refractivity contribution in [2.24, 2.45) is 0 Å². The molecule has 2 rings (SSSR count). The van der Waals surface area contributed by atoms with Crippen molar-refractivity contribution in [2.75, 3.05) is 0 Å². The van der Waals surface area contributed by atoms with Gasteiger partial charge in [0.1, 0.15) is 10.8 Å². The molecule has 22 heavy (non-hydrogen) atoms. The van der Waals surface area contributed by atoms with Crippen LogP contribution in [0.3, 0.4) is 0 Å². The van der Waals surface area contributed by atoms with Crippen LogP contribution in [0.4, 0.5) is 10.1 Å². The molecule has 4 nitrogen and oxygen atoms in total. The van der Waals surface area contributed by atoms with Crippen LogP contribution in [0, 0.1) is 15.9 Å². The number of carbonyl (C=O) groups is 1. The molecule has 112 valence electrons. The van der Waals surface area contributed by atoms with Gasteiger partial charge < -0.3 is 0 Å². The van der Waals surface area contributed by atoms with Gasteiger partial charge in [0.25, 0.3) is 5.69 Å². The first-order valence-electron chi connectivity index (χ1n) is 6.00. The Morgan fingerprint density at radius 1 is 1.27 bits per heavy atom. The third-order valence-electron chi connectivity index (χ3n) is 2.80. The first-order valence-corrected chi connectivity index (χ1v) is 7.17. The Bertz CT molecular complexity index is 792.